The standard InChI is InChI=1S/C16H19FN2S/c1-12(2)10-18-11-13-5-4-8-19-16(13)20-15-7-3-6-14(17)9-15/h3-9,12,18H,10-11H2,1-2H3. The number of hydrogen-bond acceptors (Lipinski definition) is 3. The molecule has 1 aromatic carbocycles. The molecule has 1 N–H and O–H groups in total. The van der Waals surface area contributed by atoms with E-state index in [0.29, 0.717) is 5.92 Å². The summed E-state index contributed by atoms with van der Waals surface area (Å²) in [4.78, 5) is 5.27. The molecule has 106 valence electrons. The van der Waals surface area contributed by atoms with Crippen molar-refractivity contribution in [1.29, 1.82) is 0 Å². The maximum Gasteiger partial charge on any atom is 0.124 e. The first-order chi connectivity index (χ1) is 9.65. The van der Waals surface area contributed by atoms with Gasteiger partial charge in [-0.2, -0.15) is 0 Å². The number of nitrogens with zero attached hydrogens (tertiary/aromatic N) is 1. The van der Waals surface area contributed by atoms with Crippen molar-refractivity contribution in [3.05, 3.63) is 54.0 Å². The van der Waals surface area contributed by atoms with Crippen molar-refractivity contribution in [1.82, 2.24) is 10.3 Å². The molecule has 0 saturated heterocycles. The van der Waals surface area contributed by atoms with Crippen molar-refractivity contribution < 1.29 is 4.39 Å². The van der Waals surface area contributed by atoms with Crippen LogP contribution in [0.15, 0.2) is 52.5 Å². The summed E-state index contributed by atoms with van der Waals surface area (Å²) in [5.74, 6) is 0.399. The van der Waals surface area contributed by atoms with Gasteiger partial charge in [-0.3, -0.25) is 0 Å². The zero-order chi connectivity index (χ0) is 14.4. The van der Waals surface area contributed by atoms with Gasteiger partial charge in [-0.25, -0.2) is 9.37 Å². The smallest absolute Gasteiger partial charge is 0.124 e. The van der Waals surface area contributed by atoms with Crippen LogP contribution in [0.1, 0.15) is 19.4 Å². The van der Waals surface area contributed by atoms with Crippen molar-refractivity contribution in [2.24, 2.45) is 5.92 Å². The first-order valence-electron chi connectivity index (χ1n) is 6.73. The highest BCUT2D eigenvalue weighted by molar-refractivity contribution is 7.99. The summed E-state index contributed by atoms with van der Waals surface area (Å²) in [5, 5.41) is 4.34. The lowest BCUT2D eigenvalue weighted by molar-refractivity contribution is 0.549. The van der Waals surface area contributed by atoms with Gasteiger partial charge in [-0.15, -0.1) is 0 Å². The zero-order valence-corrected chi connectivity index (χ0v) is 12.6. The van der Waals surface area contributed by atoms with E-state index in [1.165, 1.54) is 23.9 Å². The minimum atomic E-state index is -0.217. The fourth-order valence-corrected chi connectivity index (χ4v) is 2.71. The first kappa shape index (κ1) is 15.0. The van der Waals surface area contributed by atoms with Crippen LogP contribution in [0.5, 0.6) is 0 Å². The largest absolute Gasteiger partial charge is 0.312 e. The van der Waals surface area contributed by atoms with Crippen molar-refractivity contribution in [2.45, 2.75) is 30.3 Å². The van der Waals surface area contributed by atoms with Crippen LogP contribution in [0.25, 0.3) is 0 Å². The van der Waals surface area contributed by atoms with E-state index in [-0.39, 0.29) is 5.82 Å². The summed E-state index contributed by atoms with van der Waals surface area (Å²) in [5.41, 5.74) is 1.14. The number of aromatic nitrogens is 1. The number of pyridine rings is 1. The molecular formula is C16H19FN2S. The summed E-state index contributed by atoms with van der Waals surface area (Å²) in [6.07, 6.45) is 1.77. The quantitative estimate of drug-likeness (QED) is 0.866. The van der Waals surface area contributed by atoms with Crippen LogP contribution in [0.4, 0.5) is 4.39 Å². The second kappa shape index (κ2) is 7.41. The molecule has 0 aliphatic rings. The molecule has 4 heteroatoms. The van der Waals surface area contributed by atoms with E-state index in [4.69, 9.17) is 0 Å². The monoisotopic (exact) mass is 290 g/mol. The number of hydrogen-bond donors (Lipinski definition) is 1. The van der Waals surface area contributed by atoms with Crippen LogP contribution < -0.4 is 5.32 Å². The Morgan fingerprint density at radius 3 is 2.85 bits per heavy atom. The summed E-state index contributed by atoms with van der Waals surface area (Å²) >= 11 is 1.50. The van der Waals surface area contributed by atoms with Crippen LogP contribution in [-0.4, -0.2) is 11.5 Å². The van der Waals surface area contributed by atoms with Gasteiger partial charge in [0.25, 0.3) is 0 Å². The SMILES string of the molecule is CC(C)CNCc1cccnc1Sc1cccc(F)c1. The summed E-state index contributed by atoms with van der Waals surface area (Å²) in [6.45, 7) is 6.11. The number of rotatable bonds is 6. The van der Waals surface area contributed by atoms with Crippen LogP contribution in [-0.2, 0) is 6.54 Å². The predicted molar refractivity (Wildman–Crippen MR) is 81.3 cm³/mol. The van der Waals surface area contributed by atoms with Crippen LogP contribution in [0.3, 0.4) is 0 Å². The van der Waals surface area contributed by atoms with Gasteiger partial charge in [0.05, 0.1) is 0 Å². The van der Waals surface area contributed by atoms with E-state index >= 15 is 0 Å². The van der Waals surface area contributed by atoms with E-state index in [9.17, 15) is 4.39 Å². The maximum absolute atomic E-state index is 13.2. The molecule has 0 saturated carbocycles. The van der Waals surface area contributed by atoms with Crippen LogP contribution in [0.2, 0.25) is 0 Å². The Morgan fingerprint density at radius 2 is 2.10 bits per heavy atom. The third kappa shape index (κ3) is 4.62. The van der Waals surface area contributed by atoms with Gasteiger partial charge in [0, 0.05) is 17.6 Å². The molecule has 0 radical (unpaired) electrons. The van der Waals surface area contributed by atoms with Gasteiger partial charge in [-0.1, -0.05) is 37.7 Å². The second-order valence-electron chi connectivity index (χ2n) is 5.05. The number of benzene rings is 1. The fourth-order valence-electron chi connectivity index (χ4n) is 1.79. The van der Waals surface area contributed by atoms with Gasteiger partial charge < -0.3 is 5.32 Å². The molecule has 0 atom stereocenters. The summed E-state index contributed by atoms with van der Waals surface area (Å²) < 4.78 is 13.2. The molecule has 0 fully saturated rings. The molecule has 0 aliphatic carbocycles. The van der Waals surface area contributed by atoms with Gasteiger partial charge in [0.1, 0.15) is 10.8 Å². The topological polar surface area (TPSA) is 24.9 Å². The molecule has 0 unspecified atom stereocenters. The van der Waals surface area contributed by atoms with Crippen LogP contribution in [0, 0.1) is 11.7 Å². The Bertz CT molecular complexity index is 558. The van der Waals surface area contributed by atoms with Crippen molar-refractivity contribution >= 4 is 11.8 Å². The third-order valence-electron chi connectivity index (χ3n) is 2.73. The molecular weight excluding hydrogens is 271 g/mol. The van der Waals surface area contributed by atoms with Gasteiger partial charge in [0.2, 0.25) is 0 Å². The molecule has 1 aromatic heterocycles. The molecule has 0 aliphatic heterocycles. The lowest BCUT2D eigenvalue weighted by Crippen LogP contribution is -2.19. The Hall–Kier alpha value is -1.39. The molecule has 2 nitrogen and oxygen atoms in total. The fraction of sp³-hybridized carbons (Fsp3) is 0.312. The minimum Gasteiger partial charge on any atom is -0.312 e. The molecule has 2 aromatic rings. The van der Waals surface area contributed by atoms with Crippen molar-refractivity contribution in [3.63, 3.8) is 0 Å². The second-order valence-corrected chi connectivity index (χ2v) is 6.11. The lowest BCUT2D eigenvalue weighted by atomic mass is 10.2. The van der Waals surface area contributed by atoms with Crippen LogP contribution >= 0.6 is 11.8 Å². The minimum absolute atomic E-state index is 0.217. The van der Waals surface area contributed by atoms with Gasteiger partial charge in [0.15, 0.2) is 0 Å². The van der Waals surface area contributed by atoms with E-state index < -0.39 is 0 Å². The number of nitrogens with one attached hydrogen (secondary N) is 1. The van der Waals surface area contributed by atoms with E-state index in [1.807, 2.05) is 12.1 Å². The van der Waals surface area contributed by atoms with Crippen molar-refractivity contribution in [3.8, 4) is 0 Å². The molecule has 20 heavy (non-hydrogen) atoms. The van der Waals surface area contributed by atoms with E-state index in [0.717, 1.165) is 28.6 Å². The Balaban J connectivity index is 2.07. The average molecular weight is 290 g/mol. The molecule has 0 amide bonds. The van der Waals surface area contributed by atoms with Crippen molar-refractivity contribution in [2.75, 3.05) is 6.54 Å². The predicted octanol–water partition coefficient (Wildman–Crippen LogP) is 4.12. The Morgan fingerprint density at radius 1 is 1.25 bits per heavy atom. The average Bonchev–Trinajstić information content (AvgIpc) is 2.40. The highest BCUT2D eigenvalue weighted by atomic mass is 32.2. The highest BCUT2D eigenvalue weighted by Gasteiger charge is 2.06. The van der Waals surface area contributed by atoms with E-state index in [1.54, 1.807) is 12.3 Å². The first-order valence-corrected chi connectivity index (χ1v) is 7.55. The summed E-state index contributed by atoms with van der Waals surface area (Å²) in [7, 11) is 0. The number of halogens is 1. The summed E-state index contributed by atoms with van der Waals surface area (Å²) in [6, 6.07) is 10.6. The van der Waals surface area contributed by atoms with Gasteiger partial charge >= 0.3 is 0 Å². The maximum atomic E-state index is 13.2. The normalized spacial score (nSPS) is 11.0. The zero-order valence-electron chi connectivity index (χ0n) is 11.8. The molecule has 0 bridgehead atoms. The Labute approximate surface area is 123 Å². The highest BCUT2D eigenvalue weighted by Crippen LogP contribution is 2.28. The molecule has 0 spiro atoms. The molecule has 1 heterocycles. The van der Waals surface area contributed by atoms with Gasteiger partial charge in [-0.05, 0) is 42.3 Å². The third-order valence-corrected chi connectivity index (χ3v) is 3.78. The Kier molecular flexibility index (Phi) is 5.56. The molecule has 2 rings (SSSR count). The van der Waals surface area contributed by atoms with E-state index in [2.05, 4.69) is 30.2 Å². The lowest BCUT2D eigenvalue weighted by Gasteiger charge is -2.10.